The van der Waals surface area contributed by atoms with Gasteiger partial charge in [0.05, 0.1) is 0 Å². The molecule has 2 aromatic heterocycles. The van der Waals surface area contributed by atoms with Gasteiger partial charge in [-0.15, -0.1) is 0 Å². The van der Waals surface area contributed by atoms with E-state index in [1.165, 1.54) is 0 Å². The van der Waals surface area contributed by atoms with Gasteiger partial charge in [-0.25, -0.2) is 4.98 Å². The highest BCUT2D eigenvalue weighted by Gasteiger charge is 2.01. The summed E-state index contributed by atoms with van der Waals surface area (Å²) in [4.78, 5) is 6.39. The number of hydrogen-bond donors (Lipinski definition) is 0. The summed E-state index contributed by atoms with van der Waals surface area (Å²) in [6, 6.07) is 3.93. The predicted octanol–water partition coefficient (Wildman–Crippen LogP) is 1.58. The number of likely N-dealkylation sites (N-methyl/N-ethyl adjacent to an activating group) is 1. The third-order valence-electron chi connectivity index (χ3n) is 2.48. The summed E-state index contributed by atoms with van der Waals surface area (Å²) in [5, 5.41) is 0. The maximum atomic E-state index is 5.64. The molecule has 86 valence electrons. The first kappa shape index (κ1) is 11.0. The van der Waals surface area contributed by atoms with Crippen LogP contribution in [0.1, 0.15) is 5.69 Å². The molecule has 0 unspecified atom stereocenters. The Balaban J connectivity index is 2.08. The molecule has 0 aromatic carbocycles. The van der Waals surface area contributed by atoms with Crippen LogP contribution >= 0.6 is 0 Å². The summed E-state index contributed by atoms with van der Waals surface area (Å²) < 4.78 is 7.68. The van der Waals surface area contributed by atoms with Crippen LogP contribution in [-0.4, -0.2) is 41.5 Å². The van der Waals surface area contributed by atoms with Gasteiger partial charge in [-0.2, -0.15) is 0 Å². The van der Waals surface area contributed by atoms with Crippen molar-refractivity contribution in [2.45, 2.75) is 6.92 Å². The van der Waals surface area contributed by atoms with Gasteiger partial charge in [0.15, 0.2) is 0 Å². The quantitative estimate of drug-likeness (QED) is 0.782. The van der Waals surface area contributed by atoms with E-state index in [9.17, 15) is 0 Å². The fourth-order valence-corrected chi connectivity index (χ4v) is 1.52. The molecule has 0 aliphatic heterocycles. The number of rotatable bonds is 4. The maximum absolute atomic E-state index is 5.64. The molecule has 2 rings (SSSR count). The van der Waals surface area contributed by atoms with E-state index in [2.05, 4.69) is 9.88 Å². The molecule has 0 aliphatic carbocycles. The molecule has 4 nitrogen and oxygen atoms in total. The highest BCUT2D eigenvalue weighted by Crippen LogP contribution is 2.14. The van der Waals surface area contributed by atoms with Crippen molar-refractivity contribution in [2.24, 2.45) is 0 Å². The van der Waals surface area contributed by atoms with Crippen LogP contribution in [0.4, 0.5) is 0 Å². The molecule has 4 heteroatoms. The van der Waals surface area contributed by atoms with E-state index in [-0.39, 0.29) is 0 Å². The first-order chi connectivity index (χ1) is 7.66. The van der Waals surface area contributed by atoms with Gasteiger partial charge in [0.25, 0.3) is 0 Å². The SMILES string of the molecule is Cc1cnc2cc(OCCN(C)C)ccn12. The summed E-state index contributed by atoms with van der Waals surface area (Å²) in [7, 11) is 4.06. The predicted molar refractivity (Wildman–Crippen MR) is 64.0 cm³/mol. The molecular formula is C12H17N3O. The van der Waals surface area contributed by atoms with Crippen LogP contribution in [0.2, 0.25) is 0 Å². The fourth-order valence-electron chi connectivity index (χ4n) is 1.52. The van der Waals surface area contributed by atoms with E-state index in [4.69, 9.17) is 4.74 Å². The van der Waals surface area contributed by atoms with Crippen LogP contribution in [0.5, 0.6) is 5.75 Å². The first-order valence-electron chi connectivity index (χ1n) is 5.38. The number of ether oxygens (including phenoxy) is 1. The largest absolute Gasteiger partial charge is 0.492 e. The summed E-state index contributed by atoms with van der Waals surface area (Å²) in [5.41, 5.74) is 2.06. The van der Waals surface area contributed by atoms with E-state index >= 15 is 0 Å². The Labute approximate surface area is 95.5 Å². The highest BCUT2D eigenvalue weighted by molar-refractivity contribution is 5.45. The zero-order chi connectivity index (χ0) is 11.5. The third-order valence-corrected chi connectivity index (χ3v) is 2.48. The molecular weight excluding hydrogens is 202 g/mol. The average molecular weight is 219 g/mol. The number of nitrogens with zero attached hydrogens (tertiary/aromatic N) is 3. The lowest BCUT2D eigenvalue weighted by atomic mass is 10.4. The van der Waals surface area contributed by atoms with Crippen LogP contribution in [0.3, 0.4) is 0 Å². The van der Waals surface area contributed by atoms with Gasteiger partial charge in [-0.05, 0) is 27.1 Å². The Bertz CT molecular complexity index is 476. The molecule has 0 spiro atoms. The zero-order valence-corrected chi connectivity index (χ0v) is 9.97. The van der Waals surface area contributed by atoms with Crippen LogP contribution in [0.25, 0.3) is 5.65 Å². The molecule has 2 heterocycles. The van der Waals surface area contributed by atoms with Gasteiger partial charge < -0.3 is 14.0 Å². The molecule has 0 fully saturated rings. The smallest absolute Gasteiger partial charge is 0.140 e. The van der Waals surface area contributed by atoms with Crippen LogP contribution < -0.4 is 4.74 Å². The lowest BCUT2D eigenvalue weighted by Crippen LogP contribution is -2.19. The molecule has 0 saturated carbocycles. The van der Waals surface area contributed by atoms with Crippen LogP contribution in [0.15, 0.2) is 24.5 Å². The average Bonchev–Trinajstić information content (AvgIpc) is 2.60. The molecule has 0 radical (unpaired) electrons. The van der Waals surface area contributed by atoms with Gasteiger partial charge in [0.1, 0.15) is 18.0 Å². The number of pyridine rings is 1. The number of imidazole rings is 1. The van der Waals surface area contributed by atoms with Crippen molar-refractivity contribution in [1.29, 1.82) is 0 Å². The van der Waals surface area contributed by atoms with Crippen molar-refractivity contribution >= 4 is 5.65 Å². The summed E-state index contributed by atoms with van der Waals surface area (Å²) in [5.74, 6) is 0.875. The van der Waals surface area contributed by atoms with E-state index in [1.54, 1.807) is 0 Å². The van der Waals surface area contributed by atoms with Crippen molar-refractivity contribution in [3.05, 3.63) is 30.2 Å². The van der Waals surface area contributed by atoms with Crippen molar-refractivity contribution in [1.82, 2.24) is 14.3 Å². The molecule has 2 aromatic rings. The Morgan fingerprint density at radius 3 is 3.00 bits per heavy atom. The Morgan fingerprint density at radius 1 is 1.44 bits per heavy atom. The van der Waals surface area contributed by atoms with E-state index in [1.807, 2.05) is 49.9 Å². The molecule has 0 amide bonds. The normalized spacial score (nSPS) is 11.2. The van der Waals surface area contributed by atoms with Gasteiger partial charge in [-0.1, -0.05) is 0 Å². The molecule has 0 aliphatic rings. The van der Waals surface area contributed by atoms with Gasteiger partial charge in [-0.3, -0.25) is 0 Å². The number of fused-ring (bicyclic) bond motifs is 1. The fraction of sp³-hybridized carbons (Fsp3) is 0.417. The standard InChI is InChI=1S/C12H17N3O/c1-10-9-13-12-8-11(4-5-15(10)12)16-7-6-14(2)3/h4-5,8-9H,6-7H2,1-3H3. The molecule has 0 bridgehead atoms. The maximum Gasteiger partial charge on any atom is 0.140 e. The van der Waals surface area contributed by atoms with E-state index < -0.39 is 0 Å². The zero-order valence-electron chi connectivity index (χ0n) is 9.97. The topological polar surface area (TPSA) is 29.8 Å². The lowest BCUT2D eigenvalue weighted by Gasteiger charge is -2.11. The van der Waals surface area contributed by atoms with Gasteiger partial charge in [0.2, 0.25) is 0 Å². The number of aromatic nitrogens is 2. The van der Waals surface area contributed by atoms with Crippen molar-refractivity contribution < 1.29 is 4.74 Å². The minimum absolute atomic E-state index is 0.697. The van der Waals surface area contributed by atoms with Gasteiger partial charge >= 0.3 is 0 Å². The second kappa shape index (κ2) is 4.53. The number of hydrogen-bond acceptors (Lipinski definition) is 3. The summed E-state index contributed by atoms with van der Waals surface area (Å²) in [6.45, 7) is 3.65. The Kier molecular flexibility index (Phi) is 3.10. The van der Waals surface area contributed by atoms with Crippen molar-refractivity contribution in [3.8, 4) is 5.75 Å². The number of aryl methyl sites for hydroxylation is 1. The Morgan fingerprint density at radius 2 is 2.25 bits per heavy atom. The first-order valence-corrected chi connectivity index (χ1v) is 5.38. The van der Waals surface area contributed by atoms with Crippen molar-refractivity contribution in [3.63, 3.8) is 0 Å². The third kappa shape index (κ3) is 2.33. The lowest BCUT2D eigenvalue weighted by molar-refractivity contribution is 0.261. The molecule has 0 atom stereocenters. The second-order valence-corrected chi connectivity index (χ2v) is 4.14. The molecule has 0 saturated heterocycles. The van der Waals surface area contributed by atoms with E-state index in [0.717, 1.165) is 23.6 Å². The minimum atomic E-state index is 0.697. The van der Waals surface area contributed by atoms with Crippen LogP contribution in [-0.2, 0) is 0 Å². The minimum Gasteiger partial charge on any atom is -0.492 e. The monoisotopic (exact) mass is 219 g/mol. The van der Waals surface area contributed by atoms with E-state index in [0.29, 0.717) is 6.61 Å². The molecule has 16 heavy (non-hydrogen) atoms. The van der Waals surface area contributed by atoms with Gasteiger partial charge in [0, 0.05) is 30.7 Å². The summed E-state index contributed by atoms with van der Waals surface area (Å²) in [6.07, 6.45) is 3.85. The van der Waals surface area contributed by atoms with Crippen LogP contribution in [0, 0.1) is 6.92 Å². The molecule has 0 N–H and O–H groups in total. The summed E-state index contributed by atoms with van der Waals surface area (Å²) >= 11 is 0. The second-order valence-electron chi connectivity index (χ2n) is 4.14. The van der Waals surface area contributed by atoms with Crippen molar-refractivity contribution in [2.75, 3.05) is 27.2 Å². The Hall–Kier alpha value is -1.55. The highest BCUT2D eigenvalue weighted by atomic mass is 16.5.